The van der Waals surface area contributed by atoms with Crippen LogP contribution < -0.4 is 14.4 Å². The van der Waals surface area contributed by atoms with E-state index in [1.807, 2.05) is 6.92 Å². The van der Waals surface area contributed by atoms with E-state index in [2.05, 4.69) is 5.32 Å². The number of benzene rings is 2. The number of aryl methyl sites for hydroxylation is 1. The Morgan fingerprint density at radius 2 is 1.81 bits per heavy atom. The molecule has 0 unspecified atom stereocenters. The molecule has 0 aliphatic heterocycles. The number of nitrogens with one attached hydrogen (secondary N) is 1. The Morgan fingerprint density at radius 3 is 2.35 bits per heavy atom. The SMILES string of the molecule is COc1ccc(C)cc1N([C@H](C)C(=O)Nc1ccc(Cl)cc1)S(C)(=O)=O. The summed E-state index contributed by atoms with van der Waals surface area (Å²) >= 11 is 5.84. The Morgan fingerprint density at radius 1 is 1.19 bits per heavy atom. The standard InChI is InChI=1S/C18H21ClN2O4S/c1-12-5-10-17(25-3)16(11-12)21(26(4,23)24)13(2)18(22)20-15-8-6-14(19)7-9-15/h5-11,13H,1-4H3,(H,20,22)/t13-/m1/s1. The van der Waals surface area contributed by atoms with Gasteiger partial charge >= 0.3 is 0 Å². The fourth-order valence-electron chi connectivity index (χ4n) is 2.53. The van der Waals surface area contributed by atoms with Crippen molar-refractivity contribution in [1.29, 1.82) is 0 Å². The van der Waals surface area contributed by atoms with Gasteiger partial charge in [0, 0.05) is 10.7 Å². The van der Waals surface area contributed by atoms with E-state index in [0.717, 1.165) is 16.1 Å². The van der Waals surface area contributed by atoms with Crippen molar-refractivity contribution in [1.82, 2.24) is 0 Å². The number of nitrogens with zero attached hydrogens (tertiary/aromatic N) is 1. The highest BCUT2D eigenvalue weighted by Gasteiger charge is 2.31. The summed E-state index contributed by atoms with van der Waals surface area (Å²) in [6.07, 6.45) is 1.06. The first kappa shape index (κ1) is 20.1. The molecule has 26 heavy (non-hydrogen) atoms. The van der Waals surface area contributed by atoms with Crippen LogP contribution in [0.25, 0.3) is 0 Å². The van der Waals surface area contributed by atoms with E-state index in [9.17, 15) is 13.2 Å². The summed E-state index contributed by atoms with van der Waals surface area (Å²) in [4.78, 5) is 12.7. The van der Waals surface area contributed by atoms with Gasteiger partial charge in [0.1, 0.15) is 11.8 Å². The van der Waals surface area contributed by atoms with Crippen LogP contribution in [0.5, 0.6) is 5.75 Å². The monoisotopic (exact) mass is 396 g/mol. The summed E-state index contributed by atoms with van der Waals surface area (Å²) in [5.74, 6) is -0.103. The first-order chi connectivity index (χ1) is 12.1. The molecular formula is C18H21ClN2O4S. The number of anilines is 2. The van der Waals surface area contributed by atoms with Crippen molar-refractivity contribution in [3.8, 4) is 5.75 Å². The molecule has 0 spiro atoms. The smallest absolute Gasteiger partial charge is 0.247 e. The number of rotatable bonds is 6. The van der Waals surface area contributed by atoms with Crippen molar-refractivity contribution in [2.75, 3.05) is 23.0 Å². The fraction of sp³-hybridized carbons (Fsp3) is 0.278. The second-order valence-corrected chi connectivity index (χ2v) is 8.20. The molecule has 0 aliphatic carbocycles. The van der Waals surface area contributed by atoms with E-state index in [0.29, 0.717) is 22.1 Å². The zero-order valence-corrected chi connectivity index (χ0v) is 16.6. The van der Waals surface area contributed by atoms with E-state index >= 15 is 0 Å². The Kier molecular flexibility index (Phi) is 6.15. The number of carbonyl (C=O) groups is 1. The van der Waals surface area contributed by atoms with E-state index < -0.39 is 22.0 Å². The number of halogens is 1. The summed E-state index contributed by atoms with van der Waals surface area (Å²) in [7, 11) is -2.29. The van der Waals surface area contributed by atoms with Gasteiger partial charge in [0.15, 0.2) is 0 Å². The fourth-order valence-corrected chi connectivity index (χ4v) is 3.83. The number of hydrogen-bond acceptors (Lipinski definition) is 4. The topological polar surface area (TPSA) is 75.7 Å². The van der Waals surface area contributed by atoms with Crippen LogP contribution in [0.3, 0.4) is 0 Å². The lowest BCUT2D eigenvalue weighted by atomic mass is 10.2. The van der Waals surface area contributed by atoms with Crippen LogP contribution in [0, 0.1) is 6.92 Å². The molecule has 8 heteroatoms. The Labute approximate surface area is 158 Å². The molecule has 1 atom stereocenters. The molecule has 140 valence electrons. The Balaban J connectivity index is 2.39. The minimum absolute atomic E-state index is 0.314. The van der Waals surface area contributed by atoms with E-state index in [-0.39, 0.29) is 0 Å². The van der Waals surface area contributed by atoms with Gasteiger partial charge in [0.05, 0.1) is 19.1 Å². The first-order valence-electron chi connectivity index (χ1n) is 7.84. The van der Waals surface area contributed by atoms with Crippen LogP contribution in [0.1, 0.15) is 12.5 Å². The third kappa shape index (κ3) is 4.68. The highest BCUT2D eigenvalue weighted by molar-refractivity contribution is 7.92. The molecule has 0 heterocycles. The highest BCUT2D eigenvalue weighted by atomic mass is 35.5. The average molecular weight is 397 g/mol. The molecule has 0 bridgehead atoms. The lowest BCUT2D eigenvalue weighted by Crippen LogP contribution is -2.45. The van der Waals surface area contributed by atoms with Gasteiger partial charge < -0.3 is 10.1 Å². The number of hydrogen-bond donors (Lipinski definition) is 1. The van der Waals surface area contributed by atoms with Crippen molar-refractivity contribution in [2.24, 2.45) is 0 Å². The Bertz CT molecular complexity index is 898. The third-order valence-corrected chi connectivity index (χ3v) is 5.25. The lowest BCUT2D eigenvalue weighted by molar-refractivity contribution is -0.116. The minimum atomic E-state index is -3.74. The van der Waals surface area contributed by atoms with Gasteiger partial charge in [-0.2, -0.15) is 0 Å². The summed E-state index contributed by atoms with van der Waals surface area (Å²) in [5, 5.41) is 3.24. The molecule has 2 rings (SSSR count). The van der Waals surface area contributed by atoms with E-state index in [1.165, 1.54) is 14.0 Å². The molecule has 0 radical (unpaired) electrons. The second-order valence-electron chi connectivity index (χ2n) is 5.91. The van der Waals surface area contributed by atoms with Crippen LogP contribution >= 0.6 is 11.6 Å². The number of carbonyl (C=O) groups excluding carboxylic acids is 1. The normalized spacial score (nSPS) is 12.3. The highest BCUT2D eigenvalue weighted by Crippen LogP contribution is 2.32. The number of methoxy groups -OCH3 is 1. The van der Waals surface area contributed by atoms with Crippen LogP contribution in [0.4, 0.5) is 11.4 Å². The van der Waals surface area contributed by atoms with Gasteiger partial charge in [-0.3, -0.25) is 9.10 Å². The maximum absolute atomic E-state index is 12.7. The second kappa shape index (κ2) is 7.97. The van der Waals surface area contributed by atoms with Gasteiger partial charge in [-0.15, -0.1) is 0 Å². The number of sulfonamides is 1. The molecule has 2 aromatic carbocycles. The van der Waals surface area contributed by atoms with Crippen molar-refractivity contribution < 1.29 is 17.9 Å². The first-order valence-corrected chi connectivity index (χ1v) is 10.1. The van der Waals surface area contributed by atoms with Gasteiger partial charge in [-0.25, -0.2) is 8.42 Å². The predicted molar refractivity (Wildman–Crippen MR) is 105 cm³/mol. The van der Waals surface area contributed by atoms with Gasteiger partial charge in [0.25, 0.3) is 0 Å². The van der Waals surface area contributed by atoms with Crippen molar-refractivity contribution in [3.63, 3.8) is 0 Å². The zero-order chi connectivity index (χ0) is 19.5. The van der Waals surface area contributed by atoms with Crippen LogP contribution in [-0.4, -0.2) is 33.7 Å². The van der Waals surface area contributed by atoms with Crippen LogP contribution in [0.2, 0.25) is 5.02 Å². The molecule has 6 nitrogen and oxygen atoms in total. The lowest BCUT2D eigenvalue weighted by Gasteiger charge is -2.29. The molecule has 1 amide bonds. The van der Waals surface area contributed by atoms with Gasteiger partial charge in [-0.1, -0.05) is 17.7 Å². The largest absolute Gasteiger partial charge is 0.495 e. The number of amides is 1. The maximum atomic E-state index is 12.7. The summed E-state index contributed by atoms with van der Waals surface area (Å²) < 4.78 is 31.2. The minimum Gasteiger partial charge on any atom is -0.495 e. The van der Waals surface area contributed by atoms with E-state index in [1.54, 1.807) is 42.5 Å². The van der Waals surface area contributed by atoms with Crippen LogP contribution in [0.15, 0.2) is 42.5 Å². The molecule has 0 fully saturated rings. The van der Waals surface area contributed by atoms with Crippen molar-refractivity contribution in [3.05, 3.63) is 53.1 Å². The maximum Gasteiger partial charge on any atom is 0.247 e. The zero-order valence-electron chi connectivity index (χ0n) is 15.0. The summed E-state index contributed by atoms with van der Waals surface area (Å²) in [6.45, 7) is 3.36. The summed E-state index contributed by atoms with van der Waals surface area (Å²) in [6, 6.07) is 10.7. The van der Waals surface area contributed by atoms with Crippen molar-refractivity contribution >= 4 is 38.9 Å². The molecular weight excluding hydrogens is 376 g/mol. The summed E-state index contributed by atoms with van der Waals surface area (Å²) in [5.41, 5.74) is 1.68. The molecule has 0 aromatic heterocycles. The van der Waals surface area contributed by atoms with Crippen LogP contribution in [-0.2, 0) is 14.8 Å². The van der Waals surface area contributed by atoms with Crippen molar-refractivity contribution in [2.45, 2.75) is 19.9 Å². The van der Waals surface area contributed by atoms with Gasteiger partial charge in [0.2, 0.25) is 15.9 Å². The number of ether oxygens (including phenoxy) is 1. The molecule has 0 aliphatic rings. The average Bonchev–Trinajstić information content (AvgIpc) is 2.56. The quantitative estimate of drug-likeness (QED) is 0.811. The predicted octanol–water partition coefficient (Wildman–Crippen LogP) is 3.45. The molecule has 2 aromatic rings. The van der Waals surface area contributed by atoms with Gasteiger partial charge in [-0.05, 0) is 55.8 Å². The molecule has 0 saturated heterocycles. The molecule has 0 saturated carbocycles. The third-order valence-electron chi connectivity index (χ3n) is 3.77. The molecule has 1 N–H and O–H groups in total. The Hall–Kier alpha value is -2.25. The van der Waals surface area contributed by atoms with E-state index in [4.69, 9.17) is 16.3 Å².